The van der Waals surface area contributed by atoms with E-state index in [1.807, 2.05) is 13.0 Å². The number of nitrogens with one attached hydrogen (secondary N) is 1. The molecular formula is C15H19N3. The zero-order chi connectivity index (χ0) is 12.8. The number of para-hydroxylation sites is 1. The zero-order valence-electron chi connectivity index (χ0n) is 11.1. The van der Waals surface area contributed by atoms with Gasteiger partial charge in [0.1, 0.15) is 0 Å². The van der Waals surface area contributed by atoms with Crippen LogP contribution in [0.1, 0.15) is 26.0 Å². The fourth-order valence-corrected chi connectivity index (χ4v) is 2.25. The molecule has 1 heterocycles. The molecule has 1 aliphatic rings. The molecule has 1 saturated carbocycles. The van der Waals surface area contributed by atoms with Crippen LogP contribution in [0.25, 0.3) is 5.69 Å². The molecule has 18 heavy (non-hydrogen) atoms. The SMILES string of the molecule is Cc1cn(-c2ccccc2)c(NC2CC2(C)C)n1. The molecule has 1 aliphatic carbocycles. The molecule has 3 heteroatoms. The van der Waals surface area contributed by atoms with Crippen LogP contribution in [-0.2, 0) is 0 Å². The topological polar surface area (TPSA) is 29.9 Å². The number of aryl methyl sites for hydroxylation is 1. The first-order chi connectivity index (χ1) is 8.56. The van der Waals surface area contributed by atoms with E-state index in [9.17, 15) is 0 Å². The van der Waals surface area contributed by atoms with Gasteiger partial charge >= 0.3 is 0 Å². The summed E-state index contributed by atoms with van der Waals surface area (Å²) in [4.78, 5) is 4.58. The molecule has 0 aliphatic heterocycles. The summed E-state index contributed by atoms with van der Waals surface area (Å²) in [6, 6.07) is 10.9. The predicted molar refractivity (Wildman–Crippen MR) is 74.1 cm³/mol. The van der Waals surface area contributed by atoms with E-state index in [0.29, 0.717) is 11.5 Å². The molecule has 94 valence electrons. The van der Waals surface area contributed by atoms with Crippen molar-refractivity contribution >= 4 is 5.95 Å². The molecule has 0 amide bonds. The third-order valence-electron chi connectivity index (χ3n) is 3.68. The van der Waals surface area contributed by atoms with E-state index < -0.39 is 0 Å². The van der Waals surface area contributed by atoms with Crippen molar-refractivity contribution in [2.24, 2.45) is 5.41 Å². The lowest BCUT2D eigenvalue weighted by atomic mass is 10.2. The molecule has 3 rings (SSSR count). The van der Waals surface area contributed by atoms with Gasteiger partial charge in [0.25, 0.3) is 0 Å². The maximum absolute atomic E-state index is 4.58. The van der Waals surface area contributed by atoms with Crippen molar-refractivity contribution < 1.29 is 0 Å². The molecule has 1 N–H and O–H groups in total. The largest absolute Gasteiger partial charge is 0.352 e. The number of anilines is 1. The number of aromatic nitrogens is 2. The molecule has 1 unspecified atom stereocenters. The molecule has 3 nitrogen and oxygen atoms in total. The van der Waals surface area contributed by atoms with Gasteiger partial charge < -0.3 is 5.32 Å². The maximum Gasteiger partial charge on any atom is 0.207 e. The predicted octanol–water partition coefficient (Wildman–Crippen LogP) is 3.39. The van der Waals surface area contributed by atoms with Crippen molar-refractivity contribution in [2.75, 3.05) is 5.32 Å². The molecule has 1 aromatic carbocycles. The van der Waals surface area contributed by atoms with Crippen molar-refractivity contribution in [1.29, 1.82) is 0 Å². The molecule has 0 radical (unpaired) electrons. The lowest BCUT2D eigenvalue weighted by Crippen LogP contribution is -2.12. The van der Waals surface area contributed by atoms with Crippen LogP contribution in [0.4, 0.5) is 5.95 Å². The van der Waals surface area contributed by atoms with Gasteiger partial charge in [-0.2, -0.15) is 0 Å². The molecule has 1 fully saturated rings. The minimum Gasteiger partial charge on any atom is -0.352 e. The number of nitrogens with zero attached hydrogens (tertiary/aromatic N) is 2. The molecule has 1 atom stereocenters. The Morgan fingerprint density at radius 3 is 2.56 bits per heavy atom. The lowest BCUT2D eigenvalue weighted by Gasteiger charge is -2.10. The Kier molecular flexibility index (Phi) is 2.44. The van der Waals surface area contributed by atoms with Crippen molar-refractivity contribution in [3.8, 4) is 5.69 Å². The number of hydrogen-bond donors (Lipinski definition) is 1. The van der Waals surface area contributed by atoms with E-state index in [2.05, 4.69) is 59.2 Å². The average molecular weight is 241 g/mol. The van der Waals surface area contributed by atoms with Gasteiger partial charge in [-0.05, 0) is 30.9 Å². The second kappa shape index (κ2) is 3.87. The molecule has 1 aromatic heterocycles. The van der Waals surface area contributed by atoms with Crippen LogP contribution in [0.3, 0.4) is 0 Å². The highest BCUT2D eigenvalue weighted by atomic mass is 15.2. The summed E-state index contributed by atoms with van der Waals surface area (Å²) in [5.74, 6) is 0.953. The second-order valence-electron chi connectivity index (χ2n) is 5.80. The minimum atomic E-state index is 0.404. The summed E-state index contributed by atoms with van der Waals surface area (Å²) in [6.45, 7) is 6.60. The second-order valence-corrected chi connectivity index (χ2v) is 5.80. The van der Waals surface area contributed by atoms with Gasteiger partial charge in [-0.25, -0.2) is 4.98 Å². The quantitative estimate of drug-likeness (QED) is 0.892. The average Bonchev–Trinajstić information content (AvgIpc) is 2.77. The fraction of sp³-hybridized carbons (Fsp3) is 0.400. The number of imidazole rings is 1. The van der Waals surface area contributed by atoms with Gasteiger partial charge in [0, 0.05) is 17.9 Å². The van der Waals surface area contributed by atoms with E-state index in [-0.39, 0.29) is 0 Å². The Bertz CT molecular complexity index is 554. The van der Waals surface area contributed by atoms with Gasteiger partial charge in [-0.3, -0.25) is 4.57 Å². The first-order valence-corrected chi connectivity index (χ1v) is 6.44. The van der Waals surface area contributed by atoms with E-state index >= 15 is 0 Å². The Morgan fingerprint density at radius 1 is 1.28 bits per heavy atom. The van der Waals surface area contributed by atoms with Crippen LogP contribution in [0.15, 0.2) is 36.5 Å². The Hall–Kier alpha value is -1.77. The highest BCUT2D eigenvalue weighted by Crippen LogP contribution is 2.46. The van der Waals surface area contributed by atoms with Crippen LogP contribution < -0.4 is 5.32 Å². The summed E-state index contributed by atoms with van der Waals surface area (Å²) in [6.07, 6.45) is 3.29. The van der Waals surface area contributed by atoms with Gasteiger partial charge in [-0.15, -0.1) is 0 Å². The highest BCUT2D eigenvalue weighted by Gasteiger charge is 2.46. The molecule has 0 saturated heterocycles. The summed E-state index contributed by atoms with van der Waals surface area (Å²) in [7, 11) is 0. The number of rotatable bonds is 3. The summed E-state index contributed by atoms with van der Waals surface area (Å²) in [5, 5.41) is 3.55. The monoisotopic (exact) mass is 241 g/mol. The Morgan fingerprint density at radius 2 is 1.94 bits per heavy atom. The molecule has 0 spiro atoms. The van der Waals surface area contributed by atoms with Crippen molar-refractivity contribution in [3.05, 3.63) is 42.2 Å². The van der Waals surface area contributed by atoms with Gasteiger partial charge in [-0.1, -0.05) is 32.0 Å². The van der Waals surface area contributed by atoms with E-state index in [0.717, 1.165) is 17.3 Å². The standard InChI is InChI=1S/C15H19N3/c1-11-10-18(12-7-5-4-6-8-12)14(16-11)17-13-9-15(13,2)3/h4-8,10,13H,9H2,1-3H3,(H,16,17). The summed E-state index contributed by atoms with van der Waals surface area (Å²) in [5.41, 5.74) is 2.60. The Balaban J connectivity index is 1.91. The highest BCUT2D eigenvalue weighted by molar-refractivity contribution is 5.44. The van der Waals surface area contributed by atoms with Crippen LogP contribution >= 0.6 is 0 Å². The van der Waals surface area contributed by atoms with Crippen LogP contribution in [0, 0.1) is 12.3 Å². The Labute approximate surface area is 108 Å². The van der Waals surface area contributed by atoms with E-state index in [1.54, 1.807) is 0 Å². The first-order valence-electron chi connectivity index (χ1n) is 6.44. The van der Waals surface area contributed by atoms with Crippen LogP contribution in [-0.4, -0.2) is 15.6 Å². The third-order valence-corrected chi connectivity index (χ3v) is 3.68. The smallest absolute Gasteiger partial charge is 0.207 e. The lowest BCUT2D eigenvalue weighted by molar-refractivity contribution is 0.628. The number of hydrogen-bond acceptors (Lipinski definition) is 2. The van der Waals surface area contributed by atoms with Crippen molar-refractivity contribution in [2.45, 2.75) is 33.2 Å². The molecule has 2 aromatic rings. The third kappa shape index (κ3) is 2.01. The summed E-state index contributed by atoms with van der Waals surface area (Å²) >= 11 is 0. The molecule has 0 bridgehead atoms. The van der Waals surface area contributed by atoms with Crippen LogP contribution in [0.5, 0.6) is 0 Å². The minimum absolute atomic E-state index is 0.404. The van der Waals surface area contributed by atoms with Gasteiger partial charge in [0.2, 0.25) is 5.95 Å². The van der Waals surface area contributed by atoms with Gasteiger partial charge in [0.15, 0.2) is 0 Å². The number of benzene rings is 1. The van der Waals surface area contributed by atoms with Crippen molar-refractivity contribution in [1.82, 2.24) is 9.55 Å². The fourth-order valence-electron chi connectivity index (χ4n) is 2.25. The van der Waals surface area contributed by atoms with Gasteiger partial charge in [0.05, 0.1) is 5.69 Å². The summed E-state index contributed by atoms with van der Waals surface area (Å²) < 4.78 is 2.13. The van der Waals surface area contributed by atoms with Crippen molar-refractivity contribution in [3.63, 3.8) is 0 Å². The van der Waals surface area contributed by atoms with Crippen LogP contribution in [0.2, 0.25) is 0 Å². The maximum atomic E-state index is 4.58. The van der Waals surface area contributed by atoms with E-state index in [4.69, 9.17) is 0 Å². The molecular weight excluding hydrogens is 222 g/mol. The zero-order valence-corrected chi connectivity index (χ0v) is 11.1. The normalized spacial score (nSPS) is 20.7. The van der Waals surface area contributed by atoms with E-state index in [1.165, 1.54) is 6.42 Å². The first kappa shape index (κ1) is 11.3.